The van der Waals surface area contributed by atoms with Crippen LogP contribution in [0.25, 0.3) is 10.9 Å². The van der Waals surface area contributed by atoms with Crippen LogP contribution in [0.1, 0.15) is 65.5 Å². The quantitative estimate of drug-likeness (QED) is 0.559. The lowest BCUT2D eigenvalue weighted by Gasteiger charge is -2.13. The number of benzene rings is 1. The lowest BCUT2D eigenvalue weighted by molar-refractivity contribution is 0.414. The summed E-state index contributed by atoms with van der Waals surface area (Å²) < 4.78 is 2.51. The number of H-pyrrole nitrogens is 1. The van der Waals surface area contributed by atoms with E-state index in [1.807, 2.05) is 53.5 Å². The molecule has 0 spiro atoms. The van der Waals surface area contributed by atoms with E-state index in [1.165, 1.54) is 48.0 Å². The summed E-state index contributed by atoms with van der Waals surface area (Å²) in [4.78, 5) is 5.64. The van der Waals surface area contributed by atoms with Crippen molar-refractivity contribution in [2.75, 3.05) is 33.7 Å². The third-order valence-electron chi connectivity index (χ3n) is 4.14. The number of nitrogens with one attached hydrogen (secondary N) is 1. The first-order valence-electron chi connectivity index (χ1n) is 10.8. The van der Waals surface area contributed by atoms with Crippen LogP contribution in [0.5, 0.6) is 0 Å². The Labute approximate surface area is 173 Å². The highest BCUT2D eigenvalue weighted by Crippen LogP contribution is 2.26. The Bertz CT molecular complexity index is 586. The van der Waals surface area contributed by atoms with E-state index in [0.717, 1.165) is 18.7 Å². The third kappa shape index (κ3) is 9.18. The van der Waals surface area contributed by atoms with Crippen molar-refractivity contribution in [3.8, 4) is 0 Å². The molecule has 1 N–H and O–H groups in total. The molecule has 1 aromatic heterocycles. The van der Waals surface area contributed by atoms with Gasteiger partial charge in [0.05, 0.1) is 0 Å². The van der Waals surface area contributed by atoms with Crippen molar-refractivity contribution in [1.29, 1.82) is 0 Å². The predicted octanol–water partition coefficient (Wildman–Crippen LogP) is 6.59. The number of fused-ring (bicyclic) bond motifs is 1. The zero-order valence-electron chi connectivity index (χ0n) is 19.1. The lowest BCUT2D eigenvalue weighted by atomic mass is 10.1. The zero-order chi connectivity index (χ0) is 20.7. The summed E-state index contributed by atoms with van der Waals surface area (Å²) in [6.07, 6.45) is 6.00. The molecule has 0 saturated carbocycles. The molecule has 27 heavy (non-hydrogen) atoms. The maximum atomic E-state index is 3.40. The van der Waals surface area contributed by atoms with Gasteiger partial charge in [0.2, 0.25) is 0 Å². The standard InChI is InChI=1S/C17H25N3S.3C2H6/c1-19(2)10-7-15-12-18-17-6-5-14(11-16(15)17)13-21-20-8-3-4-9-20;3*1-2/h5-6,11-12,18H,3-4,7-10,13H2,1-2H3;3*1-2H3. The number of hydrogen-bond donors (Lipinski definition) is 1. The van der Waals surface area contributed by atoms with Crippen molar-refractivity contribution in [2.24, 2.45) is 0 Å². The van der Waals surface area contributed by atoms with Gasteiger partial charge in [-0.25, -0.2) is 0 Å². The van der Waals surface area contributed by atoms with Gasteiger partial charge in [0, 0.05) is 42.5 Å². The van der Waals surface area contributed by atoms with Gasteiger partial charge in [-0.2, -0.15) is 0 Å². The van der Waals surface area contributed by atoms with Crippen LogP contribution in [-0.4, -0.2) is 47.9 Å². The molecule has 0 bridgehead atoms. The van der Waals surface area contributed by atoms with Gasteiger partial charge in [-0.3, -0.25) is 4.31 Å². The van der Waals surface area contributed by atoms with Crippen molar-refractivity contribution < 1.29 is 0 Å². The SMILES string of the molecule is CC.CC.CC.CN(C)CCc1c[nH]c2ccc(CSN3CCCC3)cc12. The summed E-state index contributed by atoms with van der Waals surface area (Å²) in [5.74, 6) is 1.09. The normalized spacial score (nSPS) is 13.4. The van der Waals surface area contributed by atoms with Crippen LogP contribution < -0.4 is 0 Å². The monoisotopic (exact) mass is 393 g/mol. The average Bonchev–Trinajstić information content (AvgIpc) is 3.39. The van der Waals surface area contributed by atoms with Gasteiger partial charge in [-0.05, 0) is 56.6 Å². The van der Waals surface area contributed by atoms with Gasteiger partial charge >= 0.3 is 0 Å². The first-order valence-corrected chi connectivity index (χ1v) is 11.8. The molecule has 0 unspecified atom stereocenters. The number of nitrogens with zero attached hydrogens (tertiary/aromatic N) is 2. The number of aromatic nitrogens is 1. The van der Waals surface area contributed by atoms with Crippen LogP contribution >= 0.6 is 11.9 Å². The van der Waals surface area contributed by atoms with Crippen molar-refractivity contribution in [3.63, 3.8) is 0 Å². The van der Waals surface area contributed by atoms with Gasteiger partial charge in [-0.15, -0.1) is 0 Å². The molecule has 2 aromatic rings. The molecule has 156 valence electrons. The number of rotatable bonds is 6. The second-order valence-electron chi connectivity index (χ2n) is 6.16. The molecular formula is C23H43N3S. The minimum absolute atomic E-state index is 1.09. The largest absolute Gasteiger partial charge is 0.361 e. The highest BCUT2D eigenvalue weighted by Gasteiger charge is 2.12. The average molecular weight is 394 g/mol. The molecular weight excluding hydrogens is 350 g/mol. The fourth-order valence-corrected chi connectivity index (χ4v) is 3.88. The Hall–Kier alpha value is -0.970. The summed E-state index contributed by atoms with van der Waals surface area (Å²) in [5, 5.41) is 1.40. The number of hydrogen-bond acceptors (Lipinski definition) is 3. The fourth-order valence-electron chi connectivity index (χ4n) is 2.85. The van der Waals surface area contributed by atoms with E-state index in [-0.39, 0.29) is 0 Å². The second kappa shape index (κ2) is 16.0. The molecule has 2 heterocycles. The highest BCUT2D eigenvalue weighted by atomic mass is 32.2. The van der Waals surface area contributed by atoms with Crippen molar-refractivity contribution >= 4 is 22.9 Å². The summed E-state index contributed by atoms with van der Waals surface area (Å²) in [7, 11) is 4.26. The highest BCUT2D eigenvalue weighted by molar-refractivity contribution is 7.96. The lowest BCUT2D eigenvalue weighted by Crippen LogP contribution is -2.14. The topological polar surface area (TPSA) is 22.3 Å². The van der Waals surface area contributed by atoms with E-state index in [9.17, 15) is 0 Å². The Balaban J connectivity index is 0.00000103. The molecule has 4 heteroatoms. The summed E-state index contributed by atoms with van der Waals surface area (Å²) in [6.45, 7) is 15.6. The van der Waals surface area contributed by atoms with Gasteiger partial charge in [-0.1, -0.05) is 59.6 Å². The van der Waals surface area contributed by atoms with Crippen LogP contribution in [-0.2, 0) is 12.2 Å². The van der Waals surface area contributed by atoms with E-state index in [4.69, 9.17) is 0 Å². The molecule has 0 aliphatic carbocycles. The molecule has 1 aromatic carbocycles. The Morgan fingerprint density at radius 1 is 1.00 bits per heavy atom. The van der Waals surface area contributed by atoms with Crippen LogP contribution in [0.15, 0.2) is 24.4 Å². The molecule has 3 rings (SSSR count). The molecule has 0 amide bonds. The second-order valence-corrected chi connectivity index (χ2v) is 7.22. The molecule has 1 aliphatic heterocycles. The number of likely N-dealkylation sites (N-methyl/N-ethyl adjacent to an activating group) is 1. The zero-order valence-corrected chi connectivity index (χ0v) is 19.9. The van der Waals surface area contributed by atoms with Crippen molar-refractivity contribution in [2.45, 2.75) is 66.6 Å². The molecule has 0 atom stereocenters. The predicted molar refractivity (Wildman–Crippen MR) is 127 cm³/mol. The summed E-state index contributed by atoms with van der Waals surface area (Å²) in [6, 6.07) is 6.87. The van der Waals surface area contributed by atoms with Gasteiger partial charge in [0.25, 0.3) is 0 Å². The van der Waals surface area contributed by atoms with E-state index in [0.29, 0.717) is 0 Å². The Kier molecular flexibility index (Phi) is 15.5. The van der Waals surface area contributed by atoms with Crippen LogP contribution in [0, 0.1) is 0 Å². The van der Waals surface area contributed by atoms with E-state index in [2.05, 4.69) is 52.7 Å². The minimum Gasteiger partial charge on any atom is -0.361 e. The summed E-state index contributed by atoms with van der Waals surface area (Å²) in [5.41, 5.74) is 4.13. The molecule has 0 radical (unpaired) electrons. The summed E-state index contributed by atoms with van der Waals surface area (Å²) >= 11 is 1.99. The van der Waals surface area contributed by atoms with Crippen molar-refractivity contribution in [1.82, 2.24) is 14.2 Å². The molecule has 1 aliphatic rings. The van der Waals surface area contributed by atoms with Gasteiger partial charge in [0.15, 0.2) is 0 Å². The maximum Gasteiger partial charge on any atom is 0.0457 e. The van der Waals surface area contributed by atoms with Crippen LogP contribution in [0.2, 0.25) is 0 Å². The first-order chi connectivity index (χ1) is 13.2. The first kappa shape index (κ1) is 26.0. The fraction of sp³-hybridized carbons (Fsp3) is 0.652. The van der Waals surface area contributed by atoms with Crippen LogP contribution in [0.3, 0.4) is 0 Å². The minimum atomic E-state index is 1.09. The smallest absolute Gasteiger partial charge is 0.0457 e. The van der Waals surface area contributed by atoms with Crippen LogP contribution in [0.4, 0.5) is 0 Å². The molecule has 1 saturated heterocycles. The van der Waals surface area contributed by atoms with Gasteiger partial charge < -0.3 is 9.88 Å². The molecule has 3 nitrogen and oxygen atoms in total. The Morgan fingerprint density at radius 2 is 1.63 bits per heavy atom. The maximum absolute atomic E-state index is 3.40. The van der Waals surface area contributed by atoms with E-state index >= 15 is 0 Å². The van der Waals surface area contributed by atoms with E-state index < -0.39 is 0 Å². The van der Waals surface area contributed by atoms with Crippen molar-refractivity contribution in [3.05, 3.63) is 35.5 Å². The van der Waals surface area contributed by atoms with Gasteiger partial charge in [0.1, 0.15) is 0 Å². The Morgan fingerprint density at radius 3 is 2.22 bits per heavy atom. The van der Waals surface area contributed by atoms with E-state index in [1.54, 1.807) is 0 Å². The molecule has 1 fully saturated rings. The third-order valence-corrected chi connectivity index (χ3v) is 5.33. The number of aromatic amines is 1.